The van der Waals surface area contributed by atoms with Crippen LogP contribution >= 0.6 is 0 Å². The van der Waals surface area contributed by atoms with Gasteiger partial charge in [-0.15, -0.1) is 10.2 Å². The van der Waals surface area contributed by atoms with Crippen LogP contribution in [0, 0.1) is 13.8 Å². The van der Waals surface area contributed by atoms with Crippen molar-refractivity contribution in [1.29, 1.82) is 0 Å². The Kier molecular flexibility index (Phi) is 3.04. The molecule has 1 aromatic carbocycles. The van der Waals surface area contributed by atoms with E-state index in [2.05, 4.69) is 47.8 Å². The number of fused-ring (bicyclic) bond motifs is 1. The van der Waals surface area contributed by atoms with Crippen LogP contribution < -0.4 is 0 Å². The molecule has 0 fully saturated rings. The SMILES string of the molecule is CCCc1nc2c(C)cc(-c3nnc(C)o3)cc2n1C. The predicted molar refractivity (Wildman–Crippen MR) is 77.5 cm³/mol. The highest BCUT2D eigenvalue weighted by Gasteiger charge is 2.14. The maximum Gasteiger partial charge on any atom is 0.247 e. The zero-order valence-corrected chi connectivity index (χ0v) is 12.3. The van der Waals surface area contributed by atoms with E-state index in [-0.39, 0.29) is 0 Å². The van der Waals surface area contributed by atoms with Crippen LogP contribution in [-0.2, 0) is 13.5 Å². The first-order valence-corrected chi connectivity index (χ1v) is 6.86. The van der Waals surface area contributed by atoms with E-state index >= 15 is 0 Å². The van der Waals surface area contributed by atoms with Gasteiger partial charge in [0.15, 0.2) is 0 Å². The number of aromatic nitrogens is 4. The molecule has 0 aliphatic heterocycles. The Morgan fingerprint density at radius 3 is 2.65 bits per heavy atom. The third-order valence-electron chi connectivity index (χ3n) is 3.52. The van der Waals surface area contributed by atoms with E-state index in [4.69, 9.17) is 9.40 Å². The molecule has 2 heterocycles. The molecule has 0 saturated heterocycles. The topological polar surface area (TPSA) is 56.7 Å². The Morgan fingerprint density at radius 1 is 1.20 bits per heavy atom. The molecule has 0 bridgehead atoms. The minimum Gasteiger partial charge on any atom is -0.421 e. The molecule has 5 nitrogen and oxygen atoms in total. The fraction of sp³-hybridized carbons (Fsp3) is 0.400. The molecule has 0 aliphatic rings. The lowest BCUT2D eigenvalue weighted by Crippen LogP contribution is -1.96. The molecule has 0 saturated carbocycles. The molecule has 0 radical (unpaired) electrons. The first kappa shape index (κ1) is 12.8. The zero-order valence-electron chi connectivity index (χ0n) is 12.3. The summed E-state index contributed by atoms with van der Waals surface area (Å²) in [5.74, 6) is 2.25. The first-order valence-electron chi connectivity index (χ1n) is 6.86. The summed E-state index contributed by atoms with van der Waals surface area (Å²) >= 11 is 0. The van der Waals surface area contributed by atoms with Crippen LogP contribution in [0.5, 0.6) is 0 Å². The average Bonchev–Trinajstić information content (AvgIpc) is 2.97. The van der Waals surface area contributed by atoms with Gasteiger partial charge in [-0.2, -0.15) is 0 Å². The van der Waals surface area contributed by atoms with Crippen LogP contribution in [0.1, 0.15) is 30.6 Å². The normalized spacial score (nSPS) is 11.4. The standard InChI is InChI=1S/C15H18N4O/c1-5-6-13-16-14-9(2)7-11(8-12(14)19(13)4)15-18-17-10(3)20-15/h7-8H,5-6H2,1-4H3. The monoisotopic (exact) mass is 270 g/mol. The maximum atomic E-state index is 5.52. The van der Waals surface area contributed by atoms with Crippen molar-refractivity contribution in [3.05, 3.63) is 29.4 Å². The largest absolute Gasteiger partial charge is 0.421 e. The summed E-state index contributed by atoms with van der Waals surface area (Å²) < 4.78 is 7.67. The number of benzene rings is 1. The second-order valence-corrected chi connectivity index (χ2v) is 5.12. The summed E-state index contributed by atoms with van der Waals surface area (Å²) in [7, 11) is 2.06. The molecule has 0 unspecified atom stereocenters. The van der Waals surface area contributed by atoms with Crippen LogP contribution in [-0.4, -0.2) is 19.7 Å². The Hall–Kier alpha value is -2.17. The van der Waals surface area contributed by atoms with Crippen molar-refractivity contribution >= 4 is 11.0 Å². The molecule has 0 aliphatic carbocycles. The Morgan fingerprint density at radius 2 is 2.00 bits per heavy atom. The summed E-state index contributed by atoms with van der Waals surface area (Å²) in [6.45, 7) is 6.03. The molecular weight excluding hydrogens is 252 g/mol. The molecule has 104 valence electrons. The lowest BCUT2D eigenvalue weighted by Gasteiger charge is -2.02. The summed E-state index contributed by atoms with van der Waals surface area (Å²) in [4.78, 5) is 4.74. The Balaban J connectivity index is 2.20. The molecule has 20 heavy (non-hydrogen) atoms. The minimum absolute atomic E-state index is 0.561. The van der Waals surface area contributed by atoms with E-state index in [1.54, 1.807) is 6.92 Å². The van der Waals surface area contributed by atoms with Crippen molar-refractivity contribution < 1.29 is 4.42 Å². The van der Waals surface area contributed by atoms with Crippen molar-refractivity contribution in [3.8, 4) is 11.5 Å². The quantitative estimate of drug-likeness (QED) is 0.733. The van der Waals surface area contributed by atoms with Gasteiger partial charge in [0.1, 0.15) is 5.82 Å². The highest BCUT2D eigenvalue weighted by atomic mass is 16.4. The van der Waals surface area contributed by atoms with E-state index in [0.29, 0.717) is 11.8 Å². The third-order valence-corrected chi connectivity index (χ3v) is 3.52. The average molecular weight is 270 g/mol. The summed E-state index contributed by atoms with van der Waals surface area (Å²) in [5.41, 5.74) is 4.24. The second-order valence-electron chi connectivity index (χ2n) is 5.12. The van der Waals surface area contributed by atoms with Crippen molar-refractivity contribution in [2.24, 2.45) is 7.05 Å². The predicted octanol–water partition coefficient (Wildman–Crippen LogP) is 3.19. The number of aryl methyl sites for hydroxylation is 4. The van der Waals surface area contributed by atoms with Crippen molar-refractivity contribution in [1.82, 2.24) is 19.7 Å². The lowest BCUT2D eigenvalue weighted by molar-refractivity contribution is 0.533. The summed E-state index contributed by atoms with van der Waals surface area (Å²) in [5, 5.41) is 7.98. The molecule has 0 N–H and O–H groups in total. The van der Waals surface area contributed by atoms with E-state index in [1.165, 1.54) is 0 Å². The zero-order chi connectivity index (χ0) is 14.3. The molecule has 0 spiro atoms. The second kappa shape index (κ2) is 4.74. The Bertz CT molecular complexity index is 770. The summed E-state index contributed by atoms with van der Waals surface area (Å²) in [6.07, 6.45) is 2.07. The fourth-order valence-corrected chi connectivity index (χ4v) is 2.49. The van der Waals surface area contributed by atoms with Gasteiger partial charge in [-0.05, 0) is 31.0 Å². The van der Waals surface area contributed by atoms with Gasteiger partial charge < -0.3 is 8.98 Å². The van der Waals surface area contributed by atoms with Gasteiger partial charge in [-0.1, -0.05) is 6.92 Å². The van der Waals surface area contributed by atoms with Gasteiger partial charge in [0.25, 0.3) is 0 Å². The number of nitrogens with zero attached hydrogens (tertiary/aromatic N) is 4. The van der Waals surface area contributed by atoms with Gasteiger partial charge in [-0.3, -0.25) is 0 Å². The molecule has 0 amide bonds. The third kappa shape index (κ3) is 1.99. The van der Waals surface area contributed by atoms with Crippen LogP contribution in [0.3, 0.4) is 0 Å². The van der Waals surface area contributed by atoms with Crippen molar-refractivity contribution in [3.63, 3.8) is 0 Å². The first-order chi connectivity index (χ1) is 9.60. The number of hydrogen-bond donors (Lipinski definition) is 0. The smallest absolute Gasteiger partial charge is 0.247 e. The lowest BCUT2D eigenvalue weighted by atomic mass is 10.1. The molecule has 2 aromatic heterocycles. The number of imidazole rings is 1. The molecule has 3 rings (SSSR count). The van der Waals surface area contributed by atoms with Crippen LogP contribution in [0.25, 0.3) is 22.5 Å². The minimum atomic E-state index is 0.561. The van der Waals surface area contributed by atoms with Crippen LogP contribution in [0.4, 0.5) is 0 Å². The van der Waals surface area contributed by atoms with Crippen molar-refractivity contribution in [2.75, 3.05) is 0 Å². The molecular formula is C15H18N4O. The Labute approximate surface area is 117 Å². The highest BCUT2D eigenvalue weighted by Crippen LogP contribution is 2.27. The van der Waals surface area contributed by atoms with Gasteiger partial charge in [-0.25, -0.2) is 4.98 Å². The fourth-order valence-electron chi connectivity index (χ4n) is 2.49. The van der Waals surface area contributed by atoms with Crippen LogP contribution in [0.2, 0.25) is 0 Å². The molecule has 3 aromatic rings. The molecule has 0 atom stereocenters. The molecule has 5 heteroatoms. The van der Waals surface area contributed by atoms with Gasteiger partial charge in [0.2, 0.25) is 11.8 Å². The summed E-state index contributed by atoms with van der Waals surface area (Å²) in [6, 6.07) is 4.12. The van der Waals surface area contributed by atoms with E-state index < -0.39 is 0 Å². The maximum absolute atomic E-state index is 5.52. The number of rotatable bonds is 3. The van der Waals surface area contributed by atoms with E-state index in [1.807, 2.05) is 0 Å². The number of hydrogen-bond acceptors (Lipinski definition) is 4. The van der Waals surface area contributed by atoms with Crippen LogP contribution in [0.15, 0.2) is 16.5 Å². The van der Waals surface area contributed by atoms with E-state index in [9.17, 15) is 0 Å². The highest BCUT2D eigenvalue weighted by molar-refractivity contribution is 5.84. The van der Waals surface area contributed by atoms with Gasteiger partial charge >= 0.3 is 0 Å². The van der Waals surface area contributed by atoms with Gasteiger partial charge in [0, 0.05) is 26.0 Å². The van der Waals surface area contributed by atoms with Crippen molar-refractivity contribution in [2.45, 2.75) is 33.6 Å². The van der Waals surface area contributed by atoms with E-state index in [0.717, 1.165) is 40.8 Å². The van der Waals surface area contributed by atoms with Gasteiger partial charge in [0.05, 0.1) is 11.0 Å².